The van der Waals surface area contributed by atoms with Crippen molar-refractivity contribution in [3.63, 3.8) is 0 Å². The van der Waals surface area contributed by atoms with Crippen molar-refractivity contribution in [3.8, 4) is 0 Å². The number of aryl methyl sites for hydroxylation is 2. The van der Waals surface area contributed by atoms with Crippen molar-refractivity contribution in [1.29, 1.82) is 0 Å². The largest absolute Gasteiger partial charge is 0.329 e. The summed E-state index contributed by atoms with van der Waals surface area (Å²) in [7, 11) is 0. The summed E-state index contributed by atoms with van der Waals surface area (Å²) < 4.78 is 2.16. The van der Waals surface area contributed by atoms with Gasteiger partial charge in [0.2, 0.25) is 0 Å². The van der Waals surface area contributed by atoms with Gasteiger partial charge in [-0.25, -0.2) is 15.5 Å². The number of hydroxylamine groups is 2. The number of hydrazine groups is 1. The molecule has 2 fully saturated rings. The number of carbonyl (C=O) groups excluding carboxylic acids is 1. The summed E-state index contributed by atoms with van der Waals surface area (Å²) in [5, 5.41) is 1.52. The highest BCUT2D eigenvalue weighted by Gasteiger charge is 2.33. The quantitative estimate of drug-likeness (QED) is 0.882. The van der Waals surface area contributed by atoms with Gasteiger partial charge in [-0.05, 0) is 56.4 Å². The highest BCUT2D eigenvalue weighted by atomic mass is 16.7. The maximum absolute atomic E-state index is 12.5. The number of nitrogens with one attached hydrogen (secondary N) is 2. The molecule has 0 radical (unpaired) electrons. The highest BCUT2D eigenvalue weighted by molar-refractivity contribution is 5.81. The summed E-state index contributed by atoms with van der Waals surface area (Å²) in [6.45, 7) is 6.32. The summed E-state index contributed by atoms with van der Waals surface area (Å²) in [4.78, 5) is 22.5. The molecule has 7 heteroatoms. The first kappa shape index (κ1) is 16.5. The molecule has 0 saturated carbocycles. The average Bonchev–Trinajstić information content (AvgIpc) is 3.24. The number of aromatic nitrogens is 2. The molecule has 2 aliphatic heterocycles. The Kier molecular flexibility index (Phi) is 4.45. The van der Waals surface area contributed by atoms with Crippen LogP contribution in [-0.2, 0) is 16.2 Å². The van der Waals surface area contributed by atoms with Crippen molar-refractivity contribution in [1.82, 2.24) is 25.5 Å². The molecule has 2 atom stereocenters. The number of imidazole rings is 1. The maximum atomic E-state index is 12.5. The lowest BCUT2D eigenvalue weighted by molar-refractivity contribution is -0.198. The van der Waals surface area contributed by atoms with Gasteiger partial charge in [0, 0.05) is 19.1 Å². The lowest BCUT2D eigenvalue weighted by Crippen LogP contribution is -2.47. The van der Waals surface area contributed by atoms with Crippen LogP contribution in [0.1, 0.15) is 30.4 Å². The second-order valence-electron chi connectivity index (χ2n) is 7.08. The second-order valence-corrected chi connectivity index (χ2v) is 7.08. The first-order valence-electron chi connectivity index (χ1n) is 8.99. The first-order valence-corrected chi connectivity index (χ1v) is 8.99. The zero-order valence-corrected chi connectivity index (χ0v) is 14.8. The summed E-state index contributed by atoms with van der Waals surface area (Å²) in [6.07, 6.45) is 4.65. The predicted molar refractivity (Wildman–Crippen MR) is 94.6 cm³/mol. The Morgan fingerprint density at radius 1 is 1.28 bits per heavy atom. The Morgan fingerprint density at radius 2 is 2.12 bits per heavy atom. The number of hydrogen-bond donors (Lipinski definition) is 2. The molecule has 0 aliphatic carbocycles. The molecule has 2 aliphatic rings. The molecule has 25 heavy (non-hydrogen) atoms. The number of nitrogens with zero attached hydrogens (tertiary/aromatic N) is 3. The van der Waals surface area contributed by atoms with Crippen LogP contribution in [0.2, 0.25) is 0 Å². The molecule has 0 bridgehead atoms. The fraction of sp³-hybridized carbons (Fsp3) is 0.556. The van der Waals surface area contributed by atoms with Crippen LogP contribution in [0.3, 0.4) is 0 Å². The predicted octanol–water partition coefficient (Wildman–Crippen LogP) is 1.44. The van der Waals surface area contributed by atoms with Gasteiger partial charge in [-0.15, -0.1) is 0 Å². The van der Waals surface area contributed by atoms with E-state index >= 15 is 0 Å². The van der Waals surface area contributed by atoms with Gasteiger partial charge in [0.15, 0.2) is 0 Å². The molecule has 1 amide bonds. The van der Waals surface area contributed by atoms with Crippen LogP contribution in [0.15, 0.2) is 18.5 Å². The zero-order valence-electron chi connectivity index (χ0n) is 14.8. The van der Waals surface area contributed by atoms with Crippen LogP contribution in [0.4, 0.5) is 0 Å². The molecular formula is C18H25N5O2. The third-order valence-electron chi connectivity index (χ3n) is 5.18. The van der Waals surface area contributed by atoms with Crippen LogP contribution in [0, 0.1) is 13.8 Å². The Labute approximate surface area is 147 Å². The summed E-state index contributed by atoms with van der Waals surface area (Å²) in [5.41, 5.74) is 11.1. The normalized spacial score (nSPS) is 24.2. The third kappa shape index (κ3) is 3.27. The van der Waals surface area contributed by atoms with E-state index in [1.54, 1.807) is 0 Å². The molecule has 2 unspecified atom stereocenters. The van der Waals surface area contributed by atoms with Crippen molar-refractivity contribution in [2.75, 3.05) is 13.2 Å². The van der Waals surface area contributed by atoms with E-state index in [9.17, 15) is 4.79 Å². The van der Waals surface area contributed by atoms with E-state index in [0.717, 1.165) is 36.8 Å². The Morgan fingerprint density at radius 3 is 2.92 bits per heavy atom. The van der Waals surface area contributed by atoms with Crippen molar-refractivity contribution in [2.45, 2.75) is 51.7 Å². The highest BCUT2D eigenvalue weighted by Crippen LogP contribution is 2.20. The Hall–Kier alpha value is -1.96. The van der Waals surface area contributed by atoms with Crippen LogP contribution in [0.5, 0.6) is 0 Å². The third-order valence-corrected chi connectivity index (χ3v) is 5.18. The minimum atomic E-state index is -0.234. The number of rotatable bonds is 3. The molecule has 2 N–H and O–H groups in total. The number of hydrogen-bond acceptors (Lipinski definition) is 5. The van der Waals surface area contributed by atoms with Gasteiger partial charge in [0.05, 0.1) is 24.0 Å². The van der Waals surface area contributed by atoms with Crippen LogP contribution >= 0.6 is 0 Å². The van der Waals surface area contributed by atoms with E-state index in [4.69, 9.17) is 4.84 Å². The number of amides is 1. The van der Waals surface area contributed by atoms with E-state index in [2.05, 4.69) is 46.4 Å². The number of fused-ring (bicyclic) bond motifs is 1. The average molecular weight is 343 g/mol. The van der Waals surface area contributed by atoms with E-state index in [1.165, 1.54) is 16.2 Å². The van der Waals surface area contributed by atoms with Gasteiger partial charge in [-0.1, -0.05) is 0 Å². The fourth-order valence-corrected chi connectivity index (χ4v) is 3.54. The van der Waals surface area contributed by atoms with Crippen molar-refractivity contribution in [3.05, 3.63) is 29.6 Å². The van der Waals surface area contributed by atoms with E-state index in [1.807, 2.05) is 6.33 Å². The van der Waals surface area contributed by atoms with Gasteiger partial charge in [-0.3, -0.25) is 15.1 Å². The van der Waals surface area contributed by atoms with Crippen molar-refractivity contribution >= 4 is 16.9 Å². The Balaban J connectivity index is 1.42. The summed E-state index contributed by atoms with van der Waals surface area (Å²) in [6, 6.07) is 4.26. The lowest BCUT2D eigenvalue weighted by Gasteiger charge is -2.27. The van der Waals surface area contributed by atoms with E-state index in [-0.39, 0.29) is 18.0 Å². The molecule has 0 spiro atoms. The molecule has 3 heterocycles. The standard InChI is InChI=1S/C18H25N5O2/c1-12-7-15-17(8-13(12)2)22(11-19-15)10-14-9-16(21-20-14)18(24)23-5-3-4-6-25-23/h7-8,11,14,16,20-21H,3-6,9-10H2,1-2H3. The van der Waals surface area contributed by atoms with Gasteiger partial charge < -0.3 is 4.57 Å². The molecule has 4 rings (SSSR count). The first-order chi connectivity index (χ1) is 12.1. The Bertz CT molecular complexity index is 781. The minimum absolute atomic E-state index is 0.0247. The smallest absolute Gasteiger partial charge is 0.264 e. The zero-order chi connectivity index (χ0) is 17.4. The fourth-order valence-electron chi connectivity index (χ4n) is 3.54. The maximum Gasteiger partial charge on any atom is 0.264 e. The summed E-state index contributed by atoms with van der Waals surface area (Å²) in [5.74, 6) is 0.0247. The van der Waals surface area contributed by atoms with Crippen LogP contribution < -0.4 is 10.9 Å². The summed E-state index contributed by atoms with van der Waals surface area (Å²) >= 11 is 0. The second kappa shape index (κ2) is 6.74. The molecule has 134 valence electrons. The van der Waals surface area contributed by atoms with Crippen molar-refractivity contribution in [2.24, 2.45) is 0 Å². The van der Waals surface area contributed by atoms with E-state index < -0.39 is 0 Å². The molecule has 7 nitrogen and oxygen atoms in total. The molecule has 2 aromatic rings. The van der Waals surface area contributed by atoms with Gasteiger partial charge in [0.1, 0.15) is 6.04 Å². The van der Waals surface area contributed by atoms with Gasteiger partial charge in [0.25, 0.3) is 5.91 Å². The van der Waals surface area contributed by atoms with Gasteiger partial charge in [-0.2, -0.15) is 0 Å². The number of benzene rings is 1. The van der Waals surface area contributed by atoms with Gasteiger partial charge >= 0.3 is 0 Å². The van der Waals surface area contributed by atoms with Crippen LogP contribution in [-0.4, -0.2) is 45.8 Å². The molecular weight excluding hydrogens is 318 g/mol. The molecule has 2 saturated heterocycles. The molecule has 1 aromatic carbocycles. The number of carbonyl (C=O) groups is 1. The minimum Gasteiger partial charge on any atom is -0.329 e. The van der Waals surface area contributed by atoms with Crippen molar-refractivity contribution < 1.29 is 9.63 Å². The monoisotopic (exact) mass is 343 g/mol. The lowest BCUT2D eigenvalue weighted by atomic mass is 10.1. The topological polar surface area (TPSA) is 71.4 Å². The van der Waals surface area contributed by atoms with Crippen LogP contribution in [0.25, 0.3) is 11.0 Å². The molecule has 1 aromatic heterocycles. The SMILES string of the molecule is Cc1cc2ncn(CC3CC(C(=O)N4CCCCO4)NN3)c2cc1C. The van der Waals surface area contributed by atoms with E-state index in [0.29, 0.717) is 13.2 Å².